The van der Waals surface area contributed by atoms with Crippen molar-refractivity contribution in [1.29, 1.82) is 0 Å². The monoisotopic (exact) mass is 357 g/mol. The number of imidazole rings is 1. The van der Waals surface area contributed by atoms with Crippen molar-refractivity contribution in [1.82, 2.24) is 34.5 Å². The fourth-order valence-corrected chi connectivity index (χ4v) is 4.11. The molecule has 2 aromatic heterocycles. The van der Waals surface area contributed by atoms with Crippen molar-refractivity contribution < 1.29 is 4.79 Å². The first kappa shape index (κ1) is 17.2. The van der Waals surface area contributed by atoms with E-state index in [2.05, 4.69) is 36.7 Å². The highest BCUT2D eigenvalue weighted by Crippen LogP contribution is 2.27. The molecule has 8 heteroatoms. The van der Waals surface area contributed by atoms with Gasteiger partial charge in [0, 0.05) is 31.7 Å². The highest BCUT2D eigenvalue weighted by molar-refractivity contribution is 5.93. The molecule has 0 spiro atoms. The van der Waals surface area contributed by atoms with Gasteiger partial charge >= 0.3 is 0 Å². The lowest BCUT2D eigenvalue weighted by atomic mass is 9.96. The fraction of sp³-hybridized carbons (Fsp3) is 0.667. The van der Waals surface area contributed by atoms with Gasteiger partial charge in [-0.2, -0.15) is 0 Å². The van der Waals surface area contributed by atoms with Gasteiger partial charge < -0.3 is 14.5 Å². The first-order valence-electron chi connectivity index (χ1n) is 9.53. The third kappa shape index (κ3) is 3.25. The standard InChI is InChI=1S/C18H27N7O/c1-13-16(20-12-19-13)18(26)25-9-5-6-14(10-25)17-22-21-15(23(17)2)11-24-7-3-4-8-24/h12,14H,3-11H2,1-2H3,(H,19,20). The van der Waals surface area contributed by atoms with Crippen LogP contribution in [0.25, 0.3) is 0 Å². The Labute approximate surface area is 153 Å². The number of rotatable bonds is 4. The zero-order valence-electron chi connectivity index (χ0n) is 15.6. The van der Waals surface area contributed by atoms with Crippen molar-refractivity contribution in [2.24, 2.45) is 7.05 Å². The van der Waals surface area contributed by atoms with Gasteiger partial charge in [0.15, 0.2) is 0 Å². The van der Waals surface area contributed by atoms with Crippen LogP contribution in [0.4, 0.5) is 0 Å². The van der Waals surface area contributed by atoms with Crippen LogP contribution in [0.1, 0.15) is 59.4 Å². The Bertz CT molecular complexity index is 774. The number of likely N-dealkylation sites (tertiary alicyclic amines) is 2. The number of nitrogens with one attached hydrogen (secondary N) is 1. The third-order valence-electron chi connectivity index (χ3n) is 5.67. The normalized spacial score (nSPS) is 21.5. The molecule has 2 fully saturated rings. The number of hydrogen-bond donors (Lipinski definition) is 1. The summed E-state index contributed by atoms with van der Waals surface area (Å²) in [5, 5.41) is 8.92. The molecule has 2 saturated heterocycles. The number of carbonyl (C=O) groups is 1. The van der Waals surface area contributed by atoms with E-state index < -0.39 is 0 Å². The first-order chi connectivity index (χ1) is 12.6. The number of aryl methyl sites for hydroxylation is 1. The summed E-state index contributed by atoms with van der Waals surface area (Å²) in [6.07, 6.45) is 6.15. The van der Waals surface area contributed by atoms with Gasteiger partial charge in [-0.15, -0.1) is 10.2 Å². The average Bonchev–Trinajstić information content (AvgIpc) is 3.38. The van der Waals surface area contributed by atoms with Crippen molar-refractivity contribution >= 4 is 5.91 Å². The molecule has 0 radical (unpaired) electrons. The molecule has 26 heavy (non-hydrogen) atoms. The predicted octanol–water partition coefficient (Wildman–Crippen LogP) is 1.46. The molecule has 4 rings (SSSR count). The number of aromatic nitrogens is 5. The second kappa shape index (κ2) is 7.19. The largest absolute Gasteiger partial charge is 0.348 e. The molecule has 2 aromatic rings. The van der Waals surface area contributed by atoms with Gasteiger partial charge in [0.1, 0.15) is 17.3 Å². The van der Waals surface area contributed by atoms with Crippen LogP contribution in [0.15, 0.2) is 6.33 Å². The Morgan fingerprint density at radius 1 is 1.23 bits per heavy atom. The van der Waals surface area contributed by atoms with E-state index >= 15 is 0 Å². The van der Waals surface area contributed by atoms with Gasteiger partial charge in [-0.1, -0.05) is 0 Å². The molecule has 2 aliphatic rings. The first-order valence-corrected chi connectivity index (χ1v) is 9.53. The van der Waals surface area contributed by atoms with E-state index in [1.54, 1.807) is 6.33 Å². The van der Waals surface area contributed by atoms with E-state index in [0.717, 1.165) is 56.4 Å². The fourth-order valence-electron chi connectivity index (χ4n) is 4.11. The second-order valence-electron chi connectivity index (χ2n) is 7.48. The van der Waals surface area contributed by atoms with Crippen LogP contribution in [-0.4, -0.2) is 66.6 Å². The highest BCUT2D eigenvalue weighted by Gasteiger charge is 2.30. The molecular weight excluding hydrogens is 330 g/mol. The van der Waals surface area contributed by atoms with Crippen LogP contribution in [0.5, 0.6) is 0 Å². The van der Waals surface area contributed by atoms with Crippen LogP contribution in [0.2, 0.25) is 0 Å². The van der Waals surface area contributed by atoms with Gasteiger partial charge in [-0.05, 0) is 45.7 Å². The number of aromatic amines is 1. The molecule has 4 heterocycles. The quantitative estimate of drug-likeness (QED) is 0.896. The van der Waals surface area contributed by atoms with E-state index in [9.17, 15) is 4.79 Å². The number of hydrogen-bond acceptors (Lipinski definition) is 5. The Morgan fingerprint density at radius 3 is 2.77 bits per heavy atom. The van der Waals surface area contributed by atoms with Gasteiger partial charge in [-0.3, -0.25) is 9.69 Å². The zero-order chi connectivity index (χ0) is 18.1. The number of carbonyl (C=O) groups excluding carboxylic acids is 1. The number of nitrogens with zero attached hydrogens (tertiary/aromatic N) is 6. The molecule has 0 aromatic carbocycles. The van der Waals surface area contributed by atoms with Crippen molar-refractivity contribution in [2.75, 3.05) is 26.2 Å². The summed E-state index contributed by atoms with van der Waals surface area (Å²) in [6, 6.07) is 0. The molecule has 8 nitrogen and oxygen atoms in total. The van der Waals surface area contributed by atoms with Crippen LogP contribution in [0, 0.1) is 6.92 Å². The molecule has 1 amide bonds. The molecule has 140 valence electrons. The lowest BCUT2D eigenvalue weighted by Gasteiger charge is -2.32. The van der Waals surface area contributed by atoms with E-state index in [1.165, 1.54) is 12.8 Å². The van der Waals surface area contributed by atoms with Gasteiger partial charge in [0.05, 0.1) is 12.9 Å². The van der Waals surface area contributed by atoms with Crippen molar-refractivity contribution in [2.45, 2.75) is 45.1 Å². The Balaban J connectivity index is 1.47. The van der Waals surface area contributed by atoms with Crippen molar-refractivity contribution in [3.63, 3.8) is 0 Å². The highest BCUT2D eigenvalue weighted by atomic mass is 16.2. The Kier molecular flexibility index (Phi) is 4.76. The third-order valence-corrected chi connectivity index (χ3v) is 5.67. The Hall–Kier alpha value is -2.22. The average molecular weight is 357 g/mol. The predicted molar refractivity (Wildman–Crippen MR) is 96.7 cm³/mol. The molecule has 2 aliphatic heterocycles. The summed E-state index contributed by atoms with van der Waals surface area (Å²) >= 11 is 0. The Morgan fingerprint density at radius 2 is 2.04 bits per heavy atom. The summed E-state index contributed by atoms with van der Waals surface area (Å²) in [4.78, 5) is 24.3. The van der Waals surface area contributed by atoms with E-state index in [1.807, 2.05) is 11.8 Å². The summed E-state index contributed by atoms with van der Waals surface area (Å²) < 4.78 is 2.14. The molecule has 0 saturated carbocycles. The maximum absolute atomic E-state index is 12.8. The van der Waals surface area contributed by atoms with Gasteiger partial charge in [0.2, 0.25) is 0 Å². The maximum atomic E-state index is 12.8. The van der Waals surface area contributed by atoms with E-state index in [0.29, 0.717) is 12.2 Å². The minimum absolute atomic E-state index is 0.00732. The topological polar surface area (TPSA) is 82.9 Å². The lowest BCUT2D eigenvalue weighted by Crippen LogP contribution is -2.40. The van der Waals surface area contributed by atoms with Crippen LogP contribution in [0.3, 0.4) is 0 Å². The summed E-state index contributed by atoms with van der Waals surface area (Å²) in [5.41, 5.74) is 1.35. The molecule has 1 atom stereocenters. The lowest BCUT2D eigenvalue weighted by molar-refractivity contribution is 0.0697. The smallest absolute Gasteiger partial charge is 0.274 e. The second-order valence-corrected chi connectivity index (χ2v) is 7.48. The molecule has 1 unspecified atom stereocenters. The molecule has 1 N–H and O–H groups in total. The number of piperidine rings is 1. The van der Waals surface area contributed by atoms with Crippen molar-refractivity contribution in [3.8, 4) is 0 Å². The summed E-state index contributed by atoms with van der Waals surface area (Å²) in [5.74, 6) is 2.26. The maximum Gasteiger partial charge on any atom is 0.274 e. The zero-order valence-corrected chi connectivity index (χ0v) is 15.6. The van der Waals surface area contributed by atoms with Crippen LogP contribution >= 0.6 is 0 Å². The SMILES string of the molecule is Cc1[nH]cnc1C(=O)N1CCCC(c2nnc(CN3CCCC3)n2C)C1. The minimum atomic E-state index is 0.00732. The van der Waals surface area contributed by atoms with Gasteiger partial charge in [0.25, 0.3) is 5.91 Å². The number of H-pyrrole nitrogens is 1. The molecular formula is C18H27N7O. The van der Waals surface area contributed by atoms with Crippen LogP contribution < -0.4 is 0 Å². The minimum Gasteiger partial charge on any atom is -0.348 e. The van der Waals surface area contributed by atoms with Crippen LogP contribution in [-0.2, 0) is 13.6 Å². The van der Waals surface area contributed by atoms with Gasteiger partial charge in [-0.25, -0.2) is 4.98 Å². The van der Waals surface area contributed by atoms with Crippen molar-refractivity contribution in [3.05, 3.63) is 29.4 Å². The van der Waals surface area contributed by atoms with E-state index in [4.69, 9.17) is 0 Å². The molecule has 0 bridgehead atoms. The molecule has 0 aliphatic carbocycles. The summed E-state index contributed by atoms with van der Waals surface area (Å²) in [6.45, 7) is 6.51. The number of amides is 1. The summed E-state index contributed by atoms with van der Waals surface area (Å²) in [7, 11) is 2.05. The van der Waals surface area contributed by atoms with E-state index in [-0.39, 0.29) is 11.8 Å².